The first-order valence-electron chi connectivity index (χ1n) is 5.16. The van der Waals surface area contributed by atoms with Crippen LogP contribution in [-0.2, 0) is 9.47 Å². The van der Waals surface area contributed by atoms with Crippen molar-refractivity contribution >= 4 is 7.85 Å². The lowest BCUT2D eigenvalue weighted by molar-refractivity contribution is -0.116. The highest BCUT2D eigenvalue weighted by atomic mass is 16.6. The minimum Gasteiger partial charge on any atom is -0.376 e. The molecule has 0 N–H and O–H groups in total. The molecule has 0 spiro atoms. The van der Waals surface area contributed by atoms with Crippen molar-refractivity contribution < 1.29 is 9.47 Å². The standard InChI is InChI=1S/C10H17BO2/c1-4-10-5-12-8(9(11)13-10)7(10)6(2)3/h6-9H,4-5H2,1-3H3/t7-,8?,9+,10?/m1/s1. The predicted molar refractivity (Wildman–Crippen MR) is 51.7 cm³/mol. The van der Waals surface area contributed by atoms with Crippen LogP contribution in [0.25, 0.3) is 0 Å². The maximum absolute atomic E-state index is 5.86. The lowest BCUT2D eigenvalue weighted by Crippen LogP contribution is -2.39. The molecule has 2 nitrogen and oxygen atoms in total. The highest BCUT2D eigenvalue weighted by Crippen LogP contribution is 2.48. The molecule has 2 radical (unpaired) electrons. The van der Waals surface area contributed by atoms with Crippen LogP contribution in [0.2, 0.25) is 0 Å². The topological polar surface area (TPSA) is 18.5 Å². The van der Waals surface area contributed by atoms with Crippen molar-refractivity contribution in [3.8, 4) is 0 Å². The summed E-state index contributed by atoms with van der Waals surface area (Å²) in [7, 11) is 5.86. The normalized spacial score (nSPS) is 49.1. The maximum atomic E-state index is 5.86. The fourth-order valence-electron chi connectivity index (χ4n) is 2.89. The van der Waals surface area contributed by atoms with Gasteiger partial charge in [-0.05, 0) is 12.3 Å². The lowest BCUT2D eigenvalue weighted by atomic mass is 9.76. The Labute approximate surface area is 81.4 Å². The number of hydrogen-bond acceptors (Lipinski definition) is 2. The van der Waals surface area contributed by atoms with Crippen LogP contribution >= 0.6 is 0 Å². The second kappa shape index (κ2) is 2.99. The van der Waals surface area contributed by atoms with Crippen LogP contribution in [0.1, 0.15) is 27.2 Å². The molecular formula is C10H17BO2. The molecule has 0 saturated carbocycles. The van der Waals surface area contributed by atoms with Gasteiger partial charge in [-0.25, -0.2) is 0 Å². The van der Waals surface area contributed by atoms with Crippen LogP contribution in [0, 0.1) is 11.8 Å². The Morgan fingerprint density at radius 1 is 1.54 bits per heavy atom. The van der Waals surface area contributed by atoms with Crippen molar-refractivity contribution in [1.82, 2.24) is 0 Å². The predicted octanol–water partition coefficient (Wildman–Crippen LogP) is 1.33. The quantitative estimate of drug-likeness (QED) is 0.597. The molecule has 3 heteroatoms. The molecule has 2 fully saturated rings. The summed E-state index contributed by atoms with van der Waals surface area (Å²) in [4.78, 5) is 0. The third-order valence-corrected chi connectivity index (χ3v) is 3.49. The molecule has 0 aromatic rings. The summed E-state index contributed by atoms with van der Waals surface area (Å²) in [5.41, 5.74) is -0.0851. The Balaban J connectivity index is 2.26. The van der Waals surface area contributed by atoms with Gasteiger partial charge in [0.1, 0.15) is 7.85 Å². The van der Waals surface area contributed by atoms with Crippen molar-refractivity contribution in [2.24, 2.45) is 11.8 Å². The maximum Gasteiger partial charge on any atom is 0.112 e. The second-order valence-corrected chi connectivity index (χ2v) is 4.55. The first-order valence-corrected chi connectivity index (χ1v) is 5.16. The molecule has 72 valence electrons. The third-order valence-electron chi connectivity index (χ3n) is 3.49. The molecule has 2 unspecified atom stereocenters. The summed E-state index contributed by atoms with van der Waals surface area (Å²) in [6.07, 6.45) is 1.12. The Morgan fingerprint density at radius 2 is 2.23 bits per heavy atom. The van der Waals surface area contributed by atoms with Crippen molar-refractivity contribution in [1.29, 1.82) is 0 Å². The monoisotopic (exact) mass is 180 g/mol. The highest BCUT2D eigenvalue weighted by molar-refractivity contribution is 6.11. The van der Waals surface area contributed by atoms with E-state index >= 15 is 0 Å². The first kappa shape index (κ1) is 9.54. The van der Waals surface area contributed by atoms with E-state index in [1.54, 1.807) is 0 Å². The van der Waals surface area contributed by atoms with Crippen molar-refractivity contribution in [2.75, 3.05) is 6.61 Å². The van der Waals surface area contributed by atoms with Gasteiger partial charge in [-0.1, -0.05) is 20.8 Å². The summed E-state index contributed by atoms with van der Waals surface area (Å²) in [6.45, 7) is 7.32. The van der Waals surface area contributed by atoms with Crippen LogP contribution in [0.4, 0.5) is 0 Å². The molecule has 0 aromatic carbocycles. The van der Waals surface area contributed by atoms with Gasteiger partial charge in [0, 0.05) is 11.9 Å². The van der Waals surface area contributed by atoms with Crippen LogP contribution in [-0.4, -0.2) is 32.2 Å². The summed E-state index contributed by atoms with van der Waals surface area (Å²) in [5.74, 6) is 1.06. The van der Waals surface area contributed by atoms with E-state index in [1.807, 2.05) is 0 Å². The van der Waals surface area contributed by atoms with Crippen LogP contribution < -0.4 is 0 Å². The molecule has 2 heterocycles. The van der Waals surface area contributed by atoms with Crippen molar-refractivity contribution in [3.05, 3.63) is 0 Å². The van der Waals surface area contributed by atoms with Crippen molar-refractivity contribution in [3.63, 3.8) is 0 Å². The van der Waals surface area contributed by atoms with Crippen LogP contribution in [0.3, 0.4) is 0 Å². The minimum atomic E-state index is -0.207. The smallest absolute Gasteiger partial charge is 0.112 e. The number of fused-ring (bicyclic) bond motifs is 2. The first-order chi connectivity index (χ1) is 6.10. The molecular weight excluding hydrogens is 163 g/mol. The lowest BCUT2D eigenvalue weighted by Gasteiger charge is -2.31. The summed E-state index contributed by atoms with van der Waals surface area (Å²) >= 11 is 0. The number of ether oxygens (including phenoxy) is 2. The SMILES string of the molecule is [B][C@H]1OC2(CC)COC1[C@H]2C(C)C. The van der Waals surface area contributed by atoms with E-state index in [0.29, 0.717) is 11.8 Å². The molecule has 2 bridgehead atoms. The largest absolute Gasteiger partial charge is 0.376 e. The summed E-state index contributed by atoms with van der Waals surface area (Å²) in [6, 6.07) is -0.207. The van der Waals surface area contributed by atoms with E-state index in [-0.39, 0.29) is 17.7 Å². The van der Waals surface area contributed by atoms with Crippen LogP contribution in [0.5, 0.6) is 0 Å². The van der Waals surface area contributed by atoms with E-state index < -0.39 is 0 Å². The van der Waals surface area contributed by atoms with Gasteiger partial charge in [0.2, 0.25) is 0 Å². The zero-order chi connectivity index (χ0) is 9.64. The second-order valence-electron chi connectivity index (χ2n) is 4.55. The Morgan fingerprint density at radius 3 is 2.62 bits per heavy atom. The average Bonchev–Trinajstić information content (AvgIpc) is 2.56. The van der Waals surface area contributed by atoms with E-state index in [0.717, 1.165) is 13.0 Å². The molecule has 2 aliphatic rings. The molecule has 0 aromatic heterocycles. The molecule has 2 saturated heterocycles. The van der Waals surface area contributed by atoms with Gasteiger partial charge < -0.3 is 9.47 Å². The van der Waals surface area contributed by atoms with Gasteiger partial charge in [0.15, 0.2) is 0 Å². The van der Waals surface area contributed by atoms with E-state index in [2.05, 4.69) is 20.8 Å². The van der Waals surface area contributed by atoms with Gasteiger partial charge in [-0.3, -0.25) is 0 Å². The van der Waals surface area contributed by atoms with Gasteiger partial charge >= 0.3 is 0 Å². The Bertz CT molecular complexity index is 207. The molecule has 0 aliphatic carbocycles. The molecule has 2 rings (SSSR count). The van der Waals surface area contributed by atoms with E-state index in [9.17, 15) is 0 Å². The van der Waals surface area contributed by atoms with Gasteiger partial charge in [0.25, 0.3) is 0 Å². The molecule has 4 atom stereocenters. The highest BCUT2D eigenvalue weighted by Gasteiger charge is 2.58. The zero-order valence-corrected chi connectivity index (χ0v) is 8.62. The molecule has 0 amide bonds. The zero-order valence-electron chi connectivity index (χ0n) is 8.62. The van der Waals surface area contributed by atoms with E-state index in [4.69, 9.17) is 17.3 Å². The minimum absolute atomic E-state index is 0.0851. The molecule has 13 heavy (non-hydrogen) atoms. The summed E-state index contributed by atoms with van der Waals surface area (Å²) < 4.78 is 11.5. The average molecular weight is 180 g/mol. The number of rotatable bonds is 2. The van der Waals surface area contributed by atoms with Gasteiger partial charge in [0.05, 0.1) is 18.3 Å². The van der Waals surface area contributed by atoms with Gasteiger partial charge in [-0.15, -0.1) is 0 Å². The molecule has 2 aliphatic heterocycles. The van der Waals surface area contributed by atoms with Gasteiger partial charge in [-0.2, -0.15) is 0 Å². The summed E-state index contributed by atoms with van der Waals surface area (Å²) in [5, 5.41) is 0. The van der Waals surface area contributed by atoms with Crippen molar-refractivity contribution in [2.45, 2.75) is 44.9 Å². The number of hydrogen-bond donors (Lipinski definition) is 0. The van der Waals surface area contributed by atoms with Crippen LogP contribution in [0.15, 0.2) is 0 Å². The fraction of sp³-hybridized carbons (Fsp3) is 1.00. The Kier molecular flexibility index (Phi) is 2.19. The van der Waals surface area contributed by atoms with E-state index in [1.165, 1.54) is 0 Å². The Hall–Kier alpha value is -0.0151. The third kappa shape index (κ3) is 1.17. The fourth-order valence-corrected chi connectivity index (χ4v) is 2.89.